The first-order valence-corrected chi connectivity index (χ1v) is 4.94. The predicted molar refractivity (Wildman–Crippen MR) is 55.5 cm³/mol. The van der Waals surface area contributed by atoms with Gasteiger partial charge in [-0.1, -0.05) is 15.9 Å². The zero-order valence-corrected chi connectivity index (χ0v) is 9.10. The molecule has 0 atom stereocenters. The number of nitrogens with two attached hydrogens (primary N) is 1. The molecule has 3 nitrogen and oxygen atoms in total. The summed E-state index contributed by atoms with van der Waals surface area (Å²) < 4.78 is 18.0. The van der Waals surface area contributed by atoms with Gasteiger partial charge in [-0.05, 0) is 6.07 Å². The van der Waals surface area contributed by atoms with Crippen LogP contribution in [0.1, 0.15) is 10.4 Å². The molecule has 0 heterocycles. The normalized spacial score (nSPS) is 9.93. The van der Waals surface area contributed by atoms with Gasteiger partial charge in [0.15, 0.2) is 5.78 Å². The van der Waals surface area contributed by atoms with E-state index in [4.69, 9.17) is 10.5 Å². The van der Waals surface area contributed by atoms with Gasteiger partial charge in [0, 0.05) is 6.07 Å². The molecule has 0 saturated carbocycles. The summed E-state index contributed by atoms with van der Waals surface area (Å²) in [4.78, 5) is 11.3. The molecule has 1 aromatic rings. The van der Waals surface area contributed by atoms with E-state index in [0.29, 0.717) is 0 Å². The molecule has 14 heavy (non-hydrogen) atoms. The molecule has 0 fully saturated rings. The number of alkyl halides is 1. The molecule has 0 aliphatic heterocycles. The molecule has 0 radical (unpaired) electrons. The van der Waals surface area contributed by atoms with E-state index in [1.54, 1.807) is 0 Å². The number of rotatable bonds is 3. The van der Waals surface area contributed by atoms with Gasteiger partial charge in [0.05, 0.1) is 23.7 Å². The number of hydrogen-bond acceptors (Lipinski definition) is 3. The topological polar surface area (TPSA) is 52.3 Å². The fourth-order valence-electron chi connectivity index (χ4n) is 1.03. The van der Waals surface area contributed by atoms with Crippen LogP contribution in [0.5, 0.6) is 5.75 Å². The quantitative estimate of drug-likeness (QED) is 0.515. The summed E-state index contributed by atoms with van der Waals surface area (Å²) in [7, 11) is 1.40. The van der Waals surface area contributed by atoms with Gasteiger partial charge in [-0.25, -0.2) is 4.39 Å². The lowest BCUT2D eigenvalue weighted by Crippen LogP contribution is -2.05. The third-order valence-electron chi connectivity index (χ3n) is 1.74. The van der Waals surface area contributed by atoms with Crippen molar-refractivity contribution >= 4 is 27.4 Å². The van der Waals surface area contributed by atoms with Gasteiger partial charge < -0.3 is 10.5 Å². The number of ketones is 1. The molecular weight excluding hydrogens is 253 g/mol. The highest BCUT2D eigenvalue weighted by Crippen LogP contribution is 2.25. The van der Waals surface area contributed by atoms with Crippen LogP contribution in [-0.2, 0) is 0 Å². The van der Waals surface area contributed by atoms with Gasteiger partial charge >= 0.3 is 0 Å². The van der Waals surface area contributed by atoms with Crippen molar-refractivity contribution in [2.45, 2.75) is 0 Å². The van der Waals surface area contributed by atoms with E-state index in [-0.39, 0.29) is 28.1 Å². The number of Topliss-reactive ketones (excluding diaryl/α,β-unsaturated/α-hetero) is 1. The molecule has 76 valence electrons. The molecule has 0 unspecified atom stereocenters. The molecule has 0 aliphatic rings. The maximum Gasteiger partial charge on any atom is 0.177 e. The van der Waals surface area contributed by atoms with Crippen molar-refractivity contribution in [2.24, 2.45) is 0 Å². The van der Waals surface area contributed by atoms with Gasteiger partial charge in [0.25, 0.3) is 0 Å². The van der Waals surface area contributed by atoms with E-state index in [1.165, 1.54) is 13.2 Å². The van der Waals surface area contributed by atoms with Crippen molar-refractivity contribution in [1.29, 1.82) is 0 Å². The number of carbonyl (C=O) groups excluding carboxylic acids is 1. The SMILES string of the molecule is COc1cc(N)c(F)cc1C(=O)CBr. The standard InChI is InChI=1S/C9H9BrFNO2/c1-14-9-3-7(12)6(11)2-5(9)8(13)4-10/h2-3H,4,12H2,1H3. The van der Waals surface area contributed by atoms with Crippen LogP contribution < -0.4 is 10.5 Å². The Labute approximate surface area is 89.2 Å². The summed E-state index contributed by atoms with van der Waals surface area (Å²) in [6.45, 7) is 0. The number of carbonyl (C=O) groups is 1. The molecule has 1 aromatic carbocycles. The van der Waals surface area contributed by atoms with Gasteiger partial charge in [-0.15, -0.1) is 0 Å². The van der Waals surface area contributed by atoms with Crippen molar-refractivity contribution in [1.82, 2.24) is 0 Å². The number of hydrogen-bond donors (Lipinski definition) is 1. The number of benzene rings is 1. The third-order valence-corrected chi connectivity index (χ3v) is 2.25. The van der Waals surface area contributed by atoms with Crippen molar-refractivity contribution in [3.8, 4) is 5.75 Å². The minimum Gasteiger partial charge on any atom is -0.496 e. The monoisotopic (exact) mass is 261 g/mol. The maximum absolute atomic E-state index is 13.0. The van der Waals surface area contributed by atoms with Crippen LogP contribution in [0.15, 0.2) is 12.1 Å². The predicted octanol–water partition coefficient (Wildman–Crippen LogP) is 1.99. The first-order valence-electron chi connectivity index (χ1n) is 3.82. The van der Waals surface area contributed by atoms with Crippen molar-refractivity contribution in [3.05, 3.63) is 23.5 Å². The number of halogens is 2. The second kappa shape index (κ2) is 4.41. The smallest absolute Gasteiger partial charge is 0.177 e. The lowest BCUT2D eigenvalue weighted by atomic mass is 10.1. The Hall–Kier alpha value is -1.10. The highest BCUT2D eigenvalue weighted by Gasteiger charge is 2.14. The largest absolute Gasteiger partial charge is 0.496 e. The second-order valence-corrected chi connectivity index (χ2v) is 3.19. The molecule has 2 N–H and O–H groups in total. The van der Waals surface area contributed by atoms with E-state index >= 15 is 0 Å². The summed E-state index contributed by atoms with van der Waals surface area (Å²) in [5.74, 6) is -0.579. The Kier molecular flexibility index (Phi) is 3.46. The fourth-order valence-corrected chi connectivity index (χ4v) is 1.33. The second-order valence-electron chi connectivity index (χ2n) is 2.63. The Bertz CT molecular complexity index is 368. The Morgan fingerprint density at radius 3 is 2.79 bits per heavy atom. The number of methoxy groups -OCH3 is 1. The molecule has 0 aliphatic carbocycles. The molecule has 1 rings (SSSR count). The Balaban J connectivity index is 3.27. The average molecular weight is 262 g/mol. The van der Waals surface area contributed by atoms with Crippen LogP contribution >= 0.6 is 15.9 Å². The number of ether oxygens (including phenoxy) is 1. The lowest BCUT2D eigenvalue weighted by Gasteiger charge is -2.07. The number of anilines is 1. The fraction of sp³-hybridized carbons (Fsp3) is 0.222. The van der Waals surface area contributed by atoms with E-state index in [0.717, 1.165) is 6.07 Å². The van der Waals surface area contributed by atoms with Gasteiger partial charge in [0.2, 0.25) is 0 Å². The van der Waals surface area contributed by atoms with Crippen molar-refractivity contribution in [2.75, 3.05) is 18.2 Å². The van der Waals surface area contributed by atoms with Gasteiger partial charge in [-0.2, -0.15) is 0 Å². The molecule has 5 heteroatoms. The van der Waals surface area contributed by atoms with Gasteiger partial charge in [0.1, 0.15) is 11.6 Å². The summed E-state index contributed by atoms with van der Waals surface area (Å²) in [6, 6.07) is 2.38. The first-order chi connectivity index (χ1) is 6.60. The maximum atomic E-state index is 13.0. The van der Waals surface area contributed by atoms with Crippen LogP contribution in [0.3, 0.4) is 0 Å². The van der Waals surface area contributed by atoms with E-state index in [2.05, 4.69) is 15.9 Å². The minimum atomic E-state index is -0.616. The summed E-state index contributed by atoms with van der Waals surface area (Å²) in [6.07, 6.45) is 0. The van der Waals surface area contributed by atoms with Crippen LogP contribution in [0.4, 0.5) is 10.1 Å². The zero-order valence-electron chi connectivity index (χ0n) is 7.51. The molecule has 0 aromatic heterocycles. The van der Waals surface area contributed by atoms with Crippen molar-refractivity contribution in [3.63, 3.8) is 0 Å². The van der Waals surface area contributed by atoms with Crippen molar-refractivity contribution < 1.29 is 13.9 Å². The lowest BCUT2D eigenvalue weighted by molar-refractivity contribution is 0.102. The minimum absolute atomic E-state index is 0.0343. The molecule has 0 bridgehead atoms. The van der Waals surface area contributed by atoms with E-state index in [1.807, 2.05) is 0 Å². The highest BCUT2D eigenvalue weighted by molar-refractivity contribution is 9.09. The molecule has 0 saturated heterocycles. The third kappa shape index (κ3) is 2.04. The Morgan fingerprint density at radius 1 is 1.64 bits per heavy atom. The van der Waals surface area contributed by atoms with Crippen LogP contribution in [0.25, 0.3) is 0 Å². The molecular formula is C9H9BrFNO2. The summed E-state index contributed by atoms with van der Waals surface area (Å²) in [5.41, 5.74) is 5.49. The van der Waals surface area contributed by atoms with E-state index < -0.39 is 5.82 Å². The summed E-state index contributed by atoms with van der Waals surface area (Å²) >= 11 is 3.00. The van der Waals surface area contributed by atoms with E-state index in [9.17, 15) is 9.18 Å². The first kappa shape index (κ1) is 11.0. The zero-order chi connectivity index (χ0) is 10.7. The van der Waals surface area contributed by atoms with Crippen LogP contribution in [0, 0.1) is 5.82 Å². The van der Waals surface area contributed by atoms with Crippen LogP contribution in [-0.4, -0.2) is 18.2 Å². The number of nitrogen functional groups attached to an aromatic ring is 1. The summed E-state index contributed by atoms with van der Waals surface area (Å²) in [5, 5.41) is 0.118. The average Bonchev–Trinajstić information content (AvgIpc) is 2.20. The van der Waals surface area contributed by atoms with Crippen LogP contribution in [0.2, 0.25) is 0 Å². The Morgan fingerprint density at radius 2 is 2.29 bits per heavy atom. The molecule has 0 spiro atoms. The molecule has 0 amide bonds. The highest BCUT2D eigenvalue weighted by atomic mass is 79.9. The van der Waals surface area contributed by atoms with Gasteiger partial charge in [-0.3, -0.25) is 4.79 Å².